The van der Waals surface area contributed by atoms with Gasteiger partial charge in [-0.1, -0.05) is 30.3 Å². The molecule has 20 heavy (non-hydrogen) atoms. The molecule has 0 aliphatic carbocycles. The van der Waals surface area contributed by atoms with Crippen molar-refractivity contribution >= 4 is 5.91 Å². The van der Waals surface area contributed by atoms with E-state index in [9.17, 15) is 9.90 Å². The fourth-order valence-corrected chi connectivity index (χ4v) is 3.31. The Morgan fingerprint density at radius 3 is 2.55 bits per heavy atom. The molecule has 1 heterocycles. The molecule has 1 amide bonds. The molecular formula is C16H24N2O2. The fraction of sp³-hybridized carbons (Fsp3) is 0.562. The number of likely N-dealkylation sites (tertiary alicyclic amines) is 1. The number of hydrogen-bond acceptors (Lipinski definition) is 3. The number of aliphatic hydroxyl groups is 1. The summed E-state index contributed by atoms with van der Waals surface area (Å²) in [5, 5.41) is 10.4. The molecule has 1 aliphatic rings. The predicted molar refractivity (Wildman–Crippen MR) is 79.0 cm³/mol. The number of rotatable bonds is 3. The van der Waals surface area contributed by atoms with Crippen molar-refractivity contribution in [3.8, 4) is 0 Å². The molecule has 1 saturated heterocycles. The molecule has 0 aromatic heterocycles. The summed E-state index contributed by atoms with van der Waals surface area (Å²) in [4.78, 5) is 14.1. The quantitative estimate of drug-likeness (QED) is 0.881. The number of hydrogen-bond donors (Lipinski definition) is 2. The Kier molecular flexibility index (Phi) is 3.89. The molecule has 0 spiro atoms. The summed E-state index contributed by atoms with van der Waals surface area (Å²) in [7, 11) is 0. The highest BCUT2D eigenvalue weighted by atomic mass is 16.3. The Bertz CT molecular complexity index is 481. The van der Waals surface area contributed by atoms with E-state index in [1.807, 2.05) is 30.3 Å². The van der Waals surface area contributed by atoms with Crippen LogP contribution in [0.5, 0.6) is 0 Å². The minimum atomic E-state index is -0.933. The first-order valence-corrected chi connectivity index (χ1v) is 7.11. The van der Waals surface area contributed by atoms with Crippen LogP contribution < -0.4 is 5.73 Å². The number of nitrogens with two attached hydrogens (primary N) is 1. The summed E-state index contributed by atoms with van der Waals surface area (Å²) >= 11 is 0. The lowest BCUT2D eigenvalue weighted by Crippen LogP contribution is -2.55. The first-order valence-electron chi connectivity index (χ1n) is 7.11. The van der Waals surface area contributed by atoms with Gasteiger partial charge in [0, 0.05) is 0 Å². The molecule has 3 N–H and O–H groups in total. The number of carbonyl (C=O) groups excluding carboxylic acids is 1. The van der Waals surface area contributed by atoms with Gasteiger partial charge in [-0.2, -0.15) is 0 Å². The third-order valence-corrected chi connectivity index (χ3v) is 4.40. The lowest BCUT2D eigenvalue weighted by molar-refractivity contribution is -0.142. The van der Waals surface area contributed by atoms with E-state index in [2.05, 4.69) is 6.92 Å². The van der Waals surface area contributed by atoms with Gasteiger partial charge in [0.25, 0.3) is 0 Å². The van der Waals surface area contributed by atoms with E-state index < -0.39 is 11.1 Å². The van der Waals surface area contributed by atoms with E-state index in [0.29, 0.717) is 0 Å². The van der Waals surface area contributed by atoms with Crippen LogP contribution in [0.3, 0.4) is 0 Å². The van der Waals surface area contributed by atoms with Crippen LogP contribution in [0.25, 0.3) is 0 Å². The van der Waals surface area contributed by atoms with E-state index >= 15 is 0 Å². The van der Waals surface area contributed by atoms with Crippen molar-refractivity contribution in [2.24, 2.45) is 5.73 Å². The van der Waals surface area contributed by atoms with Gasteiger partial charge in [-0.05, 0) is 39.2 Å². The highest BCUT2D eigenvalue weighted by Crippen LogP contribution is 2.44. The maximum absolute atomic E-state index is 12.3. The Morgan fingerprint density at radius 1 is 1.45 bits per heavy atom. The molecule has 1 aromatic rings. The average molecular weight is 276 g/mol. The van der Waals surface area contributed by atoms with Crippen molar-refractivity contribution in [2.45, 2.75) is 50.8 Å². The van der Waals surface area contributed by atoms with Gasteiger partial charge in [-0.15, -0.1) is 0 Å². The molecular weight excluding hydrogens is 252 g/mol. The van der Waals surface area contributed by atoms with Gasteiger partial charge >= 0.3 is 0 Å². The third-order valence-electron chi connectivity index (χ3n) is 4.40. The first-order chi connectivity index (χ1) is 9.30. The molecule has 0 radical (unpaired) electrons. The fourth-order valence-electron chi connectivity index (χ4n) is 3.31. The monoisotopic (exact) mass is 276 g/mol. The third kappa shape index (κ3) is 2.45. The van der Waals surface area contributed by atoms with Crippen LogP contribution in [-0.4, -0.2) is 34.1 Å². The zero-order valence-electron chi connectivity index (χ0n) is 12.5. The zero-order chi connectivity index (χ0) is 15.0. The van der Waals surface area contributed by atoms with Crippen LogP contribution >= 0.6 is 0 Å². The van der Waals surface area contributed by atoms with Gasteiger partial charge in [-0.3, -0.25) is 4.79 Å². The van der Waals surface area contributed by atoms with Gasteiger partial charge < -0.3 is 15.7 Å². The van der Waals surface area contributed by atoms with Crippen LogP contribution in [0.1, 0.15) is 39.2 Å². The Labute approximate surface area is 120 Å². The van der Waals surface area contributed by atoms with Crippen molar-refractivity contribution in [3.63, 3.8) is 0 Å². The van der Waals surface area contributed by atoms with E-state index in [4.69, 9.17) is 5.73 Å². The molecule has 1 aliphatic heterocycles. The number of benzene rings is 1. The standard InChI is InChI=1S/C16H24N2O2/c1-15(2,20)13-9-10-16(3,18(13)14(19)11-17)12-7-5-4-6-8-12/h4-8,13,20H,9-11,17H2,1-3H3/t13?,16-/m0/s1. The van der Waals surface area contributed by atoms with Gasteiger partial charge in [0.1, 0.15) is 0 Å². The SMILES string of the molecule is CC(C)(O)C1CC[C@@](C)(c2ccccc2)N1C(=O)CN. The Balaban J connectivity index is 2.46. The number of nitrogens with zero attached hydrogens (tertiary/aromatic N) is 1. The second-order valence-corrected chi connectivity index (χ2v) is 6.32. The molecule has 4 heteroatoms. The Morgan fingerprint density at radius 2 is 2.05 bits per heavy atom. The molecule has 1 unspecified atom stereocenters. The van der Waals surface area contributed by atoms with E-state index in [0.717, 1.165) is 18.4 Å². The van der Waals surface area contributed by atoms with Crippen molar-refractivity contribution in [1.82, 2.24) is 4.90 Å². The first kappa shape index (κ1) is 15.0. The summed E-state index contributed by atoms with van der Waals surface area (Å²) in [6, 6.07) is 9.77. The summed E-state index contributed by atoms with van der Waals surface area (Å²) in [6.07, 6.45) is 1.61. The second kappa shape index (κ2) is 5.19. The molecule has 1 aromatic carbocycles. The smallest absolute Gasteiger partial charge is 0.237 e. The number of amides is 1. The maximum atomic E-state index is 12.3. The van der Waals surface area contributed by atoms with Crippen molar-refractivity contribution in [3.05, 3.63) is 35.9 Å². The van der Waals surface area contributed by atoms with E-state index in [-0.39, 0.29) is 18.5 Å². The largest absolute Gasteiger partial charge is 0.388 e. The summed E-state index contributed by atoms with van der Waals surface area (Å²) in [5.74, 6) is -0.110. The molecule has 2 rings (SSSR count). The van der Waals surface area contributed by atoms with E-state index in [1.165, 1.54) is 0 Å². The van der Waals surface area contributed by atoms with Gasteiger partial charge in [0.05, 0.1) is 23.7 Å². The van der Waals surface area contributed by atoms with Crippen molar-refractivity contribution in [1.29, 1.82) is 0 Å². The highest BCUT2D eigenvalue weighted by molar-refractivity contribution is 5.80. The van der Waals surface area contributed by atoms with Crippen molar-refractivity contribution < 1.29 is 9.90 Å². The van der Waals surface area contributed by atoms with Gasteiger partial charge in [-0.25, -0.2) is 0 Å². The molecule has 0 bridgehead atoms. The summed E-state index contributed by atoms with van der Waals surface area (Å²) in [6.45, 7) is 5.53. The van der Waals surface area contributed by atoms with E-state index in [1.54, 1.807) is 18.7 Å². The predicted octanol–water partition coefficient (Wildman–Crippen LogP) is 1.62. The Hall–Kier alpha value is -1.39. The maximum Gasteiger partial charge on any atom is 0.237 e. The second-order valence-electron chi connectivity index (χ2n) is 6.32. The molecule has 0 saturated carbocycles. The van der Waals surface area contributed by atoms with Crippen LogP contribution in [0, 0.1) is 0 Å². The summed E-state index contributed by atoms with van der Waals surface area (Å²) < 4.78 is 0. The van der Waals surface area contributed by atoms with Gasteiger partial charge in [0.2, 0.25) is 5.91 Å². The molecule has 110 valence electrons. The van der Waals surface area contributed by atoms with Crippen molar-refractivity contribution in [2.75, 3.05) is 6.54 Å². The number of carbonyl (C=O) groups is 1. The van der Waals surface area contributed by atoms with Crippen LogP contribution in [-0.2, 0) is 10.3 Å². The summed E-state index contributed by atoms with van der Waals surface area (Å²) in [5.41, 5.74) is 5.34. The normalized spacial score (nSPS) is 26.9. The molecule has 1 fully saturated rings. The minimum absolute atomic E-state index is 0.0327. The lowest BCUT2D eigenvalue weighted by atomic mass is 9.89. The molecule has 4 nitrogen and oxygen atoms in total. The average Bonchev–Trinajstić information content (AvgIpc) is 2.78. The van der Waals surface area contributed by atoms with Crippen LogP contribution in [0.15, 0.2) is 30.3 Å². The molecule has 2 atom stereocenters. The zero-order valence-corrected chi connectivity index (χ0v) is 12.5. The van der Waals surface area contributed by atoms with Gasteiger partial charge in [0.15, 0.2) is 0 Å². The minimum Gasteiger partial charge on any atom is -0.388 e. The van der Waals surface area contributed by atoms with Crippen LogP contribution in [0.4, 0.5) is 0 Å². The van der Waals surface area contributed by atoms with Crippen LogP contribution in [0.2, 0.25) is 0 Å². The lowest BCUT2D eigenvalue weighted by Gasteiger charge is -2.42. The highest BCUT2D eigenvalue weighted by Gasteiger charge is 2.50. The topological polar surface area (TPSA) is 66.6 Å².